The molecule has 4 aliphatic carbocycles. The Hall–Kier alpha value is -0.830. The number of fused-ring (bicyclic) bond motifs is 5. The highest BCUT2D eigenvalue weighted by atomic mass is 16.5. The summed E-state index contributed by atoms with van der Waals surface area (Å²) < 4.78 is 5.63. The number of carbonyl (C=O) groups excluding carboxylic acids is 1. The Morgan fingerprint density at radius 3 is 2.65 bits per heavy atom. The molecule has 3 fully saturated rings. The standard InChI is InChI=1S/C23H36O3/c1-14(26-15(2)24)19-7-8-20-18-6-5-16-13-17(25)9-11-22(16,3)21(18)10-12-23(19,20)4/h13-14,17-21,25H,5-12H2,1-4H3. The number of carbonyl (C=O) groups is 1. The number of rotatable bonds is 2. The van der Waals surface area contributed by atoms with Crippen LogP contribution in [-0.4, -0.2) is 23.3 Å². The molecule has 0 heterocycles. The van der Waals surface area contributed by atoms with Gasteiger partial charge in [0.2, 0.25) is 0 Å². The van der Waals surface area contributed by atoms with E-state index >= 15 is 0 Å². The molecule has 0 bridgehead atoms. The lowest BCUT2D eigenvalue weighted by molar-refractivity contribution is -0.152. The molecule has 3 heteroatoms. The summed E-state index contributed by atoms with van der Waals surface area (Å²) in [6.07, 6.45) is 11.6. The zero-order valence-electron chi connectivity index (χ0n) is 17.0. The lowest BCUT2D eigenvalue weighted by Gasteiger charge is -2.58. The van der Waals surface area contributed by atoms with E-state index in [4.69, 9.17) is 4.74 Å². The first-order chi connectivity index (χ1) is 12.3. The van der Waals surface area contributed by atoms with Gasteiger partial charge >= 0.3 is 5.97 Å². The average Bonchev–Trinajstić information content (AvgIpc) is 2.92. The molecule has 26 heavy (non-hydrogen) atoms. The van der Waals surface area contributed by atoms with Gasteiger partial charge in [-0.2, -0.15) is 0 Å². The highest BCUT2D eigenvalue weighted by Gasteiger charge is 2.59. The van der Waals surface area contributed by atoms with Crippen molar-refractivity contribution in [3.05, 3.63) is 11.6 Å². The van der Waals surface area contributed by atoms with Crippen molar-refractivity contribution in [3.63, 3.8) is 0 Å². The predicted molar refractivity (Wildman–Crippen MR) is 102 cm³/mol. The summed E-state index contributed by atoms with van der Waals surface area (Å²) in [5.74, 6) is 2.72. The highest BCUT2D eigenvalue weighted by molar-refractivity contribution is 5.66. The monoisotopic (exact) mass is 360 g/mol. The van der Waals surface area contributed by atoms with Crippen LogP contribution in [0.1, 0.15) is 79.1 Å². The molecule has 4 aliphatic rings. The number of esters is 1. The van der Waals surface area contributed by atoms with Crippen molar-refractivity contribution < 1.29 is 14.6 Å². The number of ether oxygens (including phenoxy) is 1. The van der Waals surface area contributed by atoms with Gasteiger partial charge in [0, 0.05) is 12.8 Å². The van der Waals surface area contributed by atoms with Gasteiger partial charge in [-0.15, -0.1) is 0 Å². The summed E-state index contributed by atoms with van der Waals surface area (Å²) in [5, 5.41) is 10.1. The zero-order valence-corrected chi connectivity index (χ0v) is 17.0. The second-order valence-corrected chi connectivity index (χ2v) is 10.2. The molecule has 0 aromatic heterocycles. The topological polar surface area (TPSA) is 46.5 Å². The summed E-state index contributed by atoms with van der Waals surface area (Å²) in [6.45, 7) is 8.62. The molecule has 1 N–H and O–H groups in total. The van der Waals surface area contributed by atoms with Crippen LogP contribution in [0.25, 0.3) is 0 Å². The van der Waals surface area contributed by atoms with Crippen molar-refractivity contribution in [3.8, 4) is 0 Å². The Labute approximate surface area is 158 Å². The molecule has 8 atom stereocenters. The lowest BCUT2D eigenvalue weighted by Crippen LogP contribution is -2.51. The second-order valence-electron chi connectivity index (χ2n) is 10.2. The maximum Gasteiger partial charge on any atom is 0.302 e. The molecule has 0 aromatic rings. The van der Waals surface area contributed by atoms with E-state index in [9.17, 15) is 9.90 Å². The Kier molecular flexibility index (Phi) is 4.53. The van der Waals surface area contributed by atoms with Gasteiger partial charge in [-0.3, -0.25) is 4.79 Å². The molecule has 146 valence electrons. The van der Waals surface area contributed by atoms with E-state index in [2.05, 4.69) is 26.8 Å². The molecule has 0 spiro atoms. The first-order valence-corrected chi connectivity index (χ1v) is 10.8. The van der Waals surface area contributed by atoms with Crippen molar-refractivity contribution in [1.29, 1.82) is 0 Å². The van der Waals surface area contributed by atoms with Crippen LogP contribution in [0.15, 0.2) is 11.6 Å². The Bertz CT molecular complexity index is 611. The van der Waals surface area contributed by atoms with Crippen molar-refractivity contribution in [2.24, 2.45) is 34.5 Å². The van der Waals surface area contributed by atoms with Gasteiger partial charge in [-0.1, -0.05) is 25.5 Å². The number of aliphatic hydroxyl groups is 1. The van der Waals surface area contributed by atoms with Crippen molar-refractivity contribution >= 4 is 5.97 Å². The van der Waals surface area contributed by atoms with Crippen LogP contribution >= 0.6 is 0 Å². The average molecular weight is 361 g/mol. The third-order valence-electron chi connectivity index (χ3n) is 9.08. The fraction of sp³-hybridized carbons (Fsp3) is 0.870. The minimum Gasteiger partial charge on any atom is -0.463 e. The van der Waals surface area contributed by atoms with Gasteiger partial charge in [-0.25, -0.2) is 0 Å². The first kappa shape index (κ1) is 18.5. The van der Waals surface area contributed by atoms with Gasteiger partial charge in [0.1, 0.15) is 6.10 Å². The Balaban J connectivity index is 1.58. The Morgan fingerprint density at radius 2 is 1.92 bits per heavy atom. The van der Waals surface area contributed by atoms with E-state index in [1.54, 1.807) is 5.57 Å². The largest absolute Gasteiger partial charge is 0.463 e. The smallest absolute Gasteiger partial charge is 0.302 e. The minimum absolute atomic E-state index is 0.0403. The van der Waals surface area contributed by atoms with Crippen LogP contribution in [0.5, 0.6) is 0 Å². The molecule has 8 unspecified atom stereocenters. The van der Waals surface area contributed by atoms with E-state index < -0.39 is 0 Å². The van der Waals surface area contributed by atoms with Crippen molar-refractivity contribution in [2.45, 2.75) is 91.3 Å². The summed E-state index contributed by atoms with van der Waals surface area (Å²) in [7, 11) is 0. The number of aliphatic hydroxyl groups excluding tert-OH is 1. The predicted octanol–water partition coefficient (Wildman–Crippen LogP) is 4.88. The molecule has 4 rings (SSSR count). The summed E-state index contributed by atoms with van der Waals surface area (Å²) in [4.78, 5) is 11.5. The lowest BCUT2D eigenvalue weighted by atomic mass is 9.46. The fourth-order valence-electron chi connectivity index (χ4n) is 7.87. The molecule has 0 saturated heterocycles. The van der Waals surface area contributed by atoms with Crippen LogP contribution in [0.2, 0.25) is 0 Å². The number of allylic oxidation sites excluding steroid dienone is 1. The van der Waals surface area contributed by atoms with E-state index in [1.807, 2.05) is 0 Å². The summed E-state index contributed by atoms with van der Waals surface area (Å²) in [6, 6.07) is 0. The molecule has 3 nitrogen and oxygen atoms in total. The van der Waals surface area contributed by atoms with Crippen LogP contribution < -0.4 is 0 Å². The third-order valence-corrected chi connectivity index (χ3v) is 9.08. The fourth-order valence-corrected chi connectivity index (χ4v) is 7.87. The maximum absolute atomic E-state index is 11.5. The number of hydrogen-bond donors (Lipinski definition) is 1. The van der Waals surface area contributed by atoms with Gasteiger partial charge in [-0.05, 0) is 86.9 Å². The summed E-state index contributed by atoms with van der Waals surface area (Å²) in [5.41, 5.74) is 2.18. The van der Waals surface area contributed by atoms with Crippen LogP contribution in [0.3, 0.4) is 0 Å². The molecule has 0 radical (unpaired) electrons. The van der Waals surface area contributed by atoms with Gasteiger partial charge in [0.05, 0.1) is 6.10 Å². The van der Waals surface area contributed by atoms with E-state index in [0.717, 1.165) is 30.6 Å². The van der Waals surface area contributed by atoms with Crippen LogP contribution in [-0.2, 0) is 9.53 Å². The molecule has 0 aliphatic heterocycles. The minimum atomic E-state index is -0.219. The molecule has 3 saturated carbocycles. The first-order valence-electron chi connectivity index (χ1n) is 10.8. The van der Waals surface area contributed by atoms with Crippen LogP contribution in [0, 0.1) is 34.5 Å². The van der Waals surface area contributed by atoms with Gasteiger partial charge in [0.15, 0.2) is 0 Å². The summed E-state index contributed by atoms with van der Waals surface area (Å²) >= 11 is 0. The normalized spacial score (nSPS) is 48.7. The van der Waals surface area contributed by atoms with Crippen molar-refractivity contribution in [1.82, 2.24) is 0 Å². The van der Waals surface area contributed by atoms with Crippen LogP contribution in [0.4, 0.5) is 0 Å². The molecule has 0 aromatic carbocycles. The third kappa shape index (κ3) is 2.68. The maximum atomic E-state index is 11.5. The van der Waals surface area contributed by atoms with Crippen molar-refractivity contribution in [2.75, 3.05) is 0 Å². The van der Waals surface area contributed by atoms with E-state index in [1.165, 1.54) is 45.4 Å². The SMILES string of the molecule is CC(=O)OC(C)C1CCC2C3CCC4=CC(O)CCC4(C)C3CCC12C. The van der Waals surface area contributed by atoms with E-state index in [-0.39, 0.29) is 18.2 Å². The van der Waals surface area contributed by atoms with E-state index in [0.29, 0.717) is 16.7 Å². The number of hydrogen-bond acceptors (Lipinski definition) is 3. The molecule has 0 amide bonds. The Morgan fingerprint density at radius 1 is 1.15 bits per heavy atom. The van der Waals surface area contributed by atoms with Gasteiger partial charge in [0.25, 0.3) is 0 Å². The zero-order chi connectivity index (χ0) is 18.7. The highest BCUT2D eigenvalue weighted by Crippen LogP contribution is 2.67. The second kappa shape index (κ2) is 6.36. The molecular weight excluding hydrogens is 324 g/mol. The molecular formula is C23H36O3. The quantitative estimate of drug-likeness (QED) is 0.564. The van der Waals surface area contributed by atoms with Gasteiger partial charge < -0.3 is 9.84 Å².